The Labute approximate surface area is 185 Å². The predicted octanol–water partition coefficient (Wildman–Crippen LogP) is 4.97. The molecule has 0 radical (unpaired) electrons. The van der Waals surface area contributed by atoms with Gasteiger partial charge in [0.2, 0.25) is 0 Å². The lowest BCUT2D eigenvalue weighted by Gasteiger charge is -2.28. The summed E-state index contributed by atoms with van der Waals surface area (Å²) in [5.41, 5.74) is 0.438. The summed E-state index contributed by atoms with van der Waals surface area (Å²) in [6.07, 6.45) is 1.86. The van der Waals surface area contributed by atoms with E-state index >= 15 is 0 Å². The van der Waals surface area contributed by atoms with Crippen molar-refractivity contribution >= 4 is 40.8 Å². The van der Waals surface area contributed by atoms with Crippen LogP contribution in [0.25, 0.3) is 0 Å². The molecule has 1 unspecified atom stereocenters. The van der Waals surface area contributed by atoms with E-state index in [0.717, 1.165) is 17.7 Å². The van der Waals surface area contributed by atoms with Crippen LogP contribution in [0.1, 0.15) is 32.3 Å². The number of halogens is 2. The zero-order valence-electron chi connectivity index (χ0n) is 16.9. The number of aromatic nitrogens is 1. The summed E-state index contributed by atoms with van der Waals surface area (Å²) in [5, 5.41) is 0.271. The number of rotatable bonds is 6. The maximum atomic E-state index is 13.5. The summed E-state index contributed by atoms with van der Waals surface area (Å²) in [6, 6.07) is 10.4. The van der Waals surface area contributed by atoms with Crippen molar-refractivity contribution in [1.82, 2.24) is 9.88 Å². The molecule has 4 rings (SSSR count). The van der Waals surface area contributed by atoms with E-state index in [4.69, 9.17) is 27.9 Å². The van der Waals surface area contributed by atoms with Crippen LogP contribution in [0.3, 0.4) is 0 Å². The molecule has 30 heavy (non-hydrogen) atoms. The van der Waals surface area contributed by atoms with Crippen LogP contribution in [0.5, 0.6) is 5.75 Å². The molecule has 2 fully saturated rings. The van der Waals surface area contributed by atoms with Crippen molar-refractivity contribution in [2.45, 2.75) is 38.6 Å². The number of urea groups is 1. The van der Waals surface area contributed by atoms with Gasteiger partial charge in [-0.2, -0.15) is 0 Å². The zero-order chi connectivity index (χ0) is 21.5. The number of fused-ring (bicyclic) bond motifs is 1. The summed E-state index contributed by atoms with van der Waals surface area (Å²) in [7, 11) is 0. The third-order valence-electron chi connectivity index (χ3n) is 5.52. The molecule has 158 valence electrons. The van der Waals surface area contributed by atoms with Gasteiger partial charge in [0.25, 0.3) is 5.91 Å². The highest BCUT2D eigenvalue weighted by molar-refractivity contribution is 6.33. The van der Waals surface area contributed by atoms with Crippen LogP contribution < -0.4 is 9.64 Å². The van der Waals surface area contributed by atoms with Gasteiger partial charge >= 0.3 is 6.03 Å². The van der Waals surface area contributed by atoms with Crippen molar-refractivity contribution in [3.63, 3.8) is 0 Å². The Hall–Kier alpha value is -2.31. The first-order valence-corrected chi connectivity index (χ1v) is 10.8. The highest BCUT2D eigenvalue weighted by atomic mass is 35.5. The molecule has 1 atom stereocenters. The number of anilines is 1. The molecule has 2 aliphatic heterocycles. The van der Waals surface area contributed by atoms with Gasteiger partial charge in [0.1, 0.15) is 21.6 Å². The Balaban J connectivity index is 1.60. The summed E-state index contributed by atoms with van der Waals surface area (Å²) >= 11 is 12.0. The van der Waals surface area contributed by atoms with Gasteiger partial charge in [0.05, 0.1) is 12.3 Å². The maximum Gasteiger partial charge on any atom is 0.332 e. The van der Waals surface area contributed by atoms with Crippen LogP contribution >= 0.6 is 23.2 Å². The van der Waals surface area contributed by atoms with Gasteiger partial charge in [-0.3, -0.25) is 4.79 Å². The van der Waals surface area contributed by atoms with Gasteiger partial charge in [0, 0.05) is 13.0 Å². The van der Waals surface area contributed by atoms with Gasteiger partial charge in [-0.05, 0) is 48.6 Å². The first-order chi connectivity index (χ1) is 14.3. The minimum Gasteiger partial charge on any atom is -0.493 e. The summed E-state index contributed by atoms with van der Waals surface area (Å²) in [6.45, 7) is 5.39. The first kappa shape index (κ1) is 20.9. The normalized spacial score (nSPS) is 21.0. The molecule has 0 saturated carbocycles. The minimum absolute atomic E-state index is 0.135. The lowest BCUT2D eigenvalue weighted by Crippen LogP contribution is -2.47. The number of benzene rings is 1. The maximum absolute atomic E-state index is 13.5. The molecule has 2 aliphatic rings. The van der Waals surface area contributed by atoms with Crippen LogP contribution in [0.4, 0.5) is 10.5 Å². The van der Waals surface area contributed by atoms with Crippen LogP contribution in [-0.4, -0.2) is 40.5 Å². The number of nitrogens with zero attached hydrogens (tertiary/aromatic N) is 3. The number of hydrogen-bond donors (Lipinski definition) is 0. The second-order valence-electron chi connectivity index (χ2n) is 8.21. The molecule has 3 heterocycles. The van der Waals surface area contributed by atoms with Crippen molar-refractivity contribution in [3.05, 3.63) is 52.3 Å². The van der Waals surface area contributed by atoms with E-state index < -0.39 is 5.54 Å². The van der Waals surface area contributed by atoms with E-state index in [2.05, 4.69) is 18.8 Å². The van der Waals surface area contributed by atoms with Crippen molar-refractivity contribution in [1.29, 1.82) is 0 Å². The van der Waals surface area contributed by atoms with E-state index in [9.17, 15) is 9.59 Å². The van der Waals surface area contributed by atoms with Crippen LogP contribution in [0, 0.1) is 5.92 Å². The molecule has 6 nitrogen and oxygen atoms in total. The van der Waals surface area contributed by atoms with E-state index in [1.165, 1.54) is 17.0 Å². The lowest BCUT2D eigenvalue weighted by molar-refractivity contribution is -0.123. The fourth-order valence-corrected chi connectivity index (χ4v) is 4.62. The number of hydrogen-bond acceptors (Lipinski definition) is 4. The van der Waals surface area contributed by atoms with Crippen molar-refractivity contribution in [3.8, 4) is 5.75 Å². The molecule has 0 aliphatic carbocycles. The fraction of sp³-hybridized carbons (Fsp3) is 0.409. The summed E-state index contributed by atoms with van der Waals surface area (Å²) in [4.78, 5) is 33.4. The smallest absolute Gasteiger partial charge is 0.332 e. The molecule has 2 saturated heterocycles. The molecule has 0 spiro atoms. The van der Waals surface area contributed by atoms with Crippen LogP contribution in [0.2, 0.25) is 10.3 Å². The number of carbonyl (C=O) groups excluding carboxylic acids is 2. The average molecular weight is 448 g/mol. The second-order valence-corrected chi connectivity index (χ2v) is 8.98. The summed E-state index contributed by atoms with van der Waals surface area (Å²) < 4.78 is 5.74. The van der Waals surface area contributed by atoms with Crippen molar-refractivity contribution in [2.75, 3.05) is 18.1 Å². The molecule has 8 heteroatoms. The molecule has 1 aromatic heterocycles. The lowest BCUT2D eigenvalue weighted by atomic mass is 9.88. The molecular weight excluding hydrogens is 425 g/mol. The predicted molar refractivity (Wildman–Crippen MR) is 116 cm³/mol. The standard InChI is InChI=1S/C22H23Cl2N3O3/c1-14(2)13-30-17-6-4-15(5-7-17)12-22-8-3-9-26(22)21(29)27(20(22)28)16-10-18(23)25-19(24)11-16/h4-7,10-11,14H,3,8-9,12-13H2,1-2H3. The Morgan fingerprint density at radius 1 is 1.13 bits per heavy atom. The second kappa shape index (κ2) is 8.08. The van der Waals surface area contributed by atoms with Crippen molar-refractivity contribution < 1.29 is 14.3 Å². The van der Waals surface area contributed by atoms with Gasteiger partial charge in [-0.1, -0.05) is 49.2 Å². The largest absolute Gasteiger partial charge is 0.493 e. The highest BCUT2D eigenvalue weighted by Crippen LogP contribution is 2.42. The SMILES string of the molecule is CC(C)COc1ccc(CC23CCCN2C(=O)N(c2cc(Cl)nc(Cl)c2)C3=O)cc1. The topological polar surface area (TPSA) is 62.7 Å². The van der Waals surface area contributed by atoms with Gasteiger partial charge < -0.3 is 9.64 Å². The average Bonchev–Trinajstić information content (AvgIpc) is 3.18. The Bertz CT molecular complexity index is 960. The first-order valence-electron chi connectivity index (χ1n) is 10.0. The third-order valence-corrected chi connectivity index (χ3v) is 5.91. The fourth-order valence-electron chi connectivity index (χ4n) is 4.17. The molecule has 3 amide bonds. The van der Waals surface area contributed by atoms with E-state index in [-0.39, 0.29) is 22.2 Å². The zero-order valence-corrected chi connectivity index (χ0v) is 18.4. The molecular formula is C22H23Cl2N3O3. The number of carbonyl (C=O) groups is 2. The van der Waals surface area contributed by atoms with E-state index in [1.54, 1.807) is 4.90 Å². The Kier molecular flexibility index (Phi) is 5.64. The summed E-state index contributed by atoms with van der Waals surface area (Å²) in [5.74, 6) is 0.993. The Morgan fingerprint density at radius 3 is 2.43 bits per heavy atom. The number of pyridine rings is 1. The van der Waals surface area contributed by atoms with Crippen molar-refractivity contribution in [2.24, 2.45) is 5.92 Å². The Morgan fingerprint density at radius 2 is 1.80 bits per heavy atom. The minimum atomic E-state index is -0.889. The number of imide groups is 1. The molecule has 0 N–H and O–H groups in total. The molecule has 0 bridgehead atoms. The monoisotopic (exact) mass is 447 g/mol. The third kappa shape index (κ3) is 3.74. The van der Waals surface area contributed by atoms with Gasteiger partial charge in [-0.25, -0.2) is 14.7 Å². The molecule has 1 aromatic carbocycles. The quantitative estimate of drug-likeness (QED) is 0.463. The number of ether oxygens (including phenoxy) is 1. The number of amides is 3. The van der Waals surface area contributed by atoms with Gasteiger partial charge in [-0.15, -0.1) is 0 Å². The van der Waals surface area contributed by atoms with Crippen LogP contribution in [0.15, 0.2) is 36.4 Å². The van der Waals surface area contributed by atoms with Gasteiger partial charge in [0.15, 0.2) is 0 Å². The molecule has 2 aromatic rings. The van der Waals surface area contributed by atoms with E-state index in [1.807, 2.05) is 24.3 Å². The highest BCUT2D eigenvalue weighted by Gasteiger charge is 2.59. The van der Waals surface area contributed by atoms with E-state index in [0.29, 0.717) is 37.6 Å². The van der Waals surface area contributed by atoms with Crippen LogP contribution in [-0.2, 0) is 11.2 Å².